The lowest BCUT2D eigenvalue weighted by Gasteiger charge is -2.17. The zero-order valence-electron chi connectivity index (χ0n) is 15.1. The monoisotopic (exact) mass is 354 g/mol. The number of fused-ring (bicyclic) bond motifs is 3. The van der Waals surface area contributed by atoms with Gasteiger partial charge in [-0.15, -0.1) is 0 Å². The summed E-state index contributed by atoms with van der Waals surface area (Å²) in [7, 11) is 0. The van der Waals surface area contributed by atoms with Crippen molar-refractivity contribution >= 4 is 28.9 Å². The highest BCUT2D eigenvalue weighted by Crippen LogP contribution is 2.32. The largest absolute Gasteiger partial charge is 0.372 e. The molecular weight excluding hydrogens is 332 g/mol. The number of H-pyrrole nitrogens is 1. The van der Waals surface area contributed by atoms with E-state index in [2.05, 4.69) is 51.3 Å². The molecule has 4 nitrogen and oxygen atoms in total. The number of anilines is 1. The molecule has 0 spiro atoms. The van der Waals surface area contributed by atoms with Crippen LogP contribution < -0.4 is 4.90 Å². The number of nitrogens with zero attached hydrogens (tertiary/aromatic N) is 3. The summed E-state index contributed by atoms with van der Waals surface area (Å²) in [5, 5.41) is 10.4. The molecule has 134 valence electrons. The highest BCUT2D eigenvalue weighted by Gasteiger charge is 2.14. The van der Waals surface area contributed by atoms with Crippen LogP contribution in [0.15, 0.2) is 48.2 Å². The van der Waals surface area contributed by atoms with Crippen molar-refractivity contribution in [2.24, 2.45) is 0 Å². The number of hydrogen-bond donors (Lipinski definition) is 1. The molecular formula is C23H22N4. The average Bonchev–Trinajstić information content (AvgIpc) is 3.31. The molecule has 0 radical (unpaired) electrons. The predicted octanol–water partition coefficient (Wildman–Crippen LogP) is 5.40. The number of benzene rings is 1. The fourth-order valence-corrected chi connectivity index (χ4v) is 4.01. The van der Waals surface area contributed by atoms with Crippen molar-refractivity contribution in [3.8, 4) is 17.2 Å². The van der Waals surface area contributed by atoms with Crippen molar-refractivity contribution < 1.29 is 1.43 Å². The van der Waals surface area contributed by atoms with Crippen molar-refractivity contribution in [2.45, 2.75) is 19.3 Å². The minimum absolute atomic E-state index is 0. The maximum Gasteiger partial charge on any atom is 0.138 e. The van der Waals surface area contributed by atoms with Gasteiger partial charge in [0.1, 0.15) is 5.65 Å². The standard InChI is InChI=1S/C23H20N4.H2/c24-14-16-4-3-5-22-20(12-16)21-13-18(15-25-23(21)26-22)17-6-8-19(9-7-17)27-10-1-2-11-27;/h3,5-9,12-13,15H,1-2,4,10-11H2,(H,25,26);1H. The Bertz CT molecular complexity index is 1110. The first-order chi connectivity index (χ1) is 13.3. The lowest BCUT2D eigenvalue weighted by molar-refractivity contribution is 0.949. The van der Waals surface area contributed by atoms with Crippen LogP contribution in [0.5, 0.6) is 0 Å². The quantitative estimate of drug-likeness (QED) is 0.670. The molecule has 0 saturated carbocycles. The van der Waals surface area contributed by atoms with Crippen LogP contribution in [-0.4, -0.2) is 23.1 Å². The Morgan fingerprint density at radius 2 is 1.93 bits per heavy atom. The molecule has 3 heterocycles. The van der Waals surface area contributed by atoms with Gasteiger partial charge < -0.3 is 9.88 Å². The SMILES string of the molecule is N#CC1=Cc2c([nH]c3ncc(-c4ccc(N5CCCC5)cc4)cc23)C=CC1.[HH]. The Balaban J connectivity index is 0.00000192. The Labute approximate surface area is 159 Å². The molecule has 0 amide bonds. The summed E-state index contributed by atoms with van der Waals surface area (Å²) >= 11 is 0. The van der Waals surface area contributed by atoms with Crippen molar-refractivity contribution in [3.63, 3.8) is 0 Å². The number of allylic oxidation sites excluding steroid dienone is 2. The molecule has 2 aliphatic rings. The van der Waals surface area contributed by atoms with E-state index in [0.29, 0.717) is 6.42 Å². The Morgan fingerprint density at radius 3 is 2.70 bits per heavy atom. The van der Waals surface area contributed by atoms with Crippen LogP contribution >= 0.6 is 0 Å². The fourth-order valence-electron chi connectivity index (χ4n) is 4.01. The molecule has 0 bridgehead atoms. The van der Waals surface area contributed by atoms with Gasteiger partial charge >= 0.3 is 0 Å². The number of nitrogens with one attached hydrogen (secondary N) is 1. The van der Waals surface area contributed by atoms with Gasteiger partial charge in [0.25, 0.3) is 0 Å². The second-order valence-corrected chi connectivity index (χ2v) is 7.20. The van der Waals surface area contributed by atoms with E-state index in [1.807, 2.05) is 24.4 Å². The molecule has 3 aromatic rings. The number of nitriles is 1. The van der Waals surface area contributed by atoms with Crippen LogP contribution in [0.4, 0.5) is 5.69 Å². The van der Waals surface area contributed by atoms with Crippen LogP contribution in [-0.2, 0) is 0 Å². The Kier molecular flexibility index (Phi) is 3.79. The zero-order valence-corrected chi connectivity index (χ0v) is 15.1. The van der Waals surface area contributed by atoms with E-state index in [-0.39, 0.29) is 1.43 Å². The number of aromatic amines is 1. The summed E-state index contributed by atoms with van der Waals surface area (Å²) in [4.78, 5) is 10.4. The van der Waals surface area contributed by atoms with Gasteiger partial charge in [0.05, 0.1) is 6.07 Å². The normalized spacial score (nSPS) is 16.1. The number of rotatable bonds is 2. The molecule has 1 saturated heterocycles. The minimum atomic E-state index is 0. The molecule has 0 atom stereocenters. The second kappa shape index (κ2) is 6.44. The first-order valence-corrected chi connectivity index (χ1v) is 9.46. The maximum atomic E-state index is 9.32. The molecule has 1 aliphatic carbocycles. The van der Waals surface area contributed by atoms with Crippen LogP contribution in [0.25, 0.3) is 34.3 Å². The average molecular weight is 354 g/mol. The van der Waals surface area contributed by atoms with Gasteiger partial charge in [0, 0.05) is 60.6 Å². The summed E-state index contributed by atoms with van der Waals surface area (Å²) in [5.74, 6) is 0. The maximum absolute atomic E-state index is 9.32. The van der Waals surface area contributed by atoms with E-state index < -0.39 is 0 Å². The molecule has 0 unspecified atom stereocenters. The predicted molar refractivity (Wildman–Crippen MR) is 112 cm³/mol. The molecule has 27 heavy (non-hydrogen) atoms. The van der Waals surface area contributed by atoms with E-state index in [1.165, 1.54) is 18.5 Å². The van der Waals surface area contributed by atoms with Crippen molar-refractivity contribution in [2.75, 3.05) is 18.0 Å². The van der Waals surface area contributed by atoms with Gasteiger partial charge in [-0.25, -0.2) is 4.98 Å². The van der Waals surface area contributed by atoms with E-state index >= 15 is 0 Å². The van der Waals surface area contributed by atoms with E-state index in [1.54, 1.807) is 0 Å². The molecule has 4 heteroatoms. The van der Waals surface area contributed by atoms with Crippen LogP contribution in [0.2, 0.25) is 0 Å². The van der Waals surface area contributed by atoms with Gasteiger partial charge in [-0.1, -0.05) is 18.2 Å². The van der Waals surface area contributed by atoms with Crippen LogP contribution in [0.1, 0.15) is 31.9 Å². The van der Waals surface area contributed by atoms with Crippen molar-refractivity contribution in [1.82, 2.24) is 9.97 Å². The molecule has 1 aliphatic heterocycles. The Hall–Kier alpha value is -3.32. The molecule has 5 rings (SSSR count). The lowest BCUT2D eigenvalue weighted by atomic mass is 10.0. The number of aromatic nitrogens is 2. The second-order valence-electron chi connectivity index (χ2n) is 7.20. The van der Waals surface area contributed by atoms with Crippen molar-refractivity contribution in [3.05, 3.63) is 59.4 Å². The first-order valence-electron chi connectivity index (χ1n) is 9.46. The zero-order chi connectivity index (χ0) is 18.2. The summed E-state index contributed by atoms with van der Waals surface area (Å²) in [6.45, 7) is 2.31. The van der Waals surface area contributed by atoms with E-state index in [0.717, 1.165) is 52.1 Å². The molecule has 2 aromatic heterocycles. The lowest BCUT2D eigenvalue weighted by Crippen LogP contribution is -2.17. The molecule has 1 N–H and O–H groups in total. The third-order valence-corrected chi connectivity index (χ3v) is 5.48. The highest BCUT2D eigenvalue weighted by atomic mass is 15.1. The van der Waals surface area contributed by atoms with Crippen LogP contribution in [0.3, 0.4) is 0 Å². The third-order valence-electron chi connectivity index (χ3n) is 5.48. The smallest absolute Gasteiger partial charge is 0.138 e. The Morgan fingerprint density at radius 1 is 1.11 bits per heavy atom. The first kappa shape index (κ1) is 15.9. The topological polar surface area (TPSA) is 55.7 Å². The summed E-state index contributed by atoms with van der Waals surface area (Å²) in [5.41, 5.74) is 7.26. The van der Waals surface area contributed by atoms with Gasteiger partial charge in [-0.05, 0) is 48.8 Å². The van der Waals surface area contributed by atoms with Gasteiger partial charge in [0.2, 0.25) is 0 Å². The highest BCUT2D eigenvalue weighted by molar-refractivity contribution is 5.94. The minimum Gasteiger partial charge on any atom is -0.372 e. The summed E-state index contributed by atoms with van der Waals surface area (Å²) in [6, 6.07) is 13.2. The van der Waals surface area contributed by atoms with E-state index in [9.17, 15) is 5.26 Å². The number of pyridine rings is 1. The molecule has 1 fully saturated rings. The van der Waals surface area contributed by atoms with Gasteiger partial charge in [0.15, 0.2) is 0 Å². The van der Waals surface area contributed by atoms with Crippen LogP contribution in [0, 0.1) is 11.3 Å². The third kappa shape index (κ3) is 2.82. The van der Waals surface area contributed by atoms with Gasteiger partial charge in [-0.3, -0.25) is 0 Å². The van der Waals surface area contributed by atoms with Gasteiger partial charge in [-0.2, -0.15) is 5.26 Å². The molecule has 1 aromatic carbocycles. The fraction of sp³-hybridized carbons (Fsp3) is 0.217. The van der Waals surface area contributed by atoms with Crippen molar-refractivity contribution in [1.29, 1.82) is 5.26 Å². The number of hydrogen-bond acceptors (Lipinski definition) is 3. The van der Waals surface area contributed by atoms with E-state index in [4.69, 9.17) is 0 Å². The summed E-state index contributed by atoms with van der Waals surface area (Å²) < 4.78 is 0. The summed E-state index contributed by atoms with van der Waals surface area (Å²) in [6.07, 6.45) is 11.2.